The second-order valence-electron chi connectivity index (χ2n) is 11.2. The van der Waals surface area contributed by atoms with Gasteiger partial charge in [-0.05, 0) is 42.6 Å². The molecule has 208 valence electrons. The quantitative estimate of drug-likeness (QED) is 0.254. The van der Waals surface area contributed by atoms with Gasteiger partial charge in [-0.25, -0.2) is 4.98 Å². The van der Waals surface area contributed by atoms with E-state index in [-0.39, 0.29) is 23.8 Å². The summed E-state index contributed by atoms with van der Waals surface area (Å²) in [6.07, 6.45) is 12.8. The largest absolute Gasteiger partial charge is 0.391 e. The van der Waals surface area contributed by atoms with E-state index in [4.69, 9.17) is 0 Å². The van der Waals surface area contributed by atoms with E-state index >= 15 is 0 Å². The van der Waals surface area contributed by atoms with Crippen LogP contribution in [0.15, 0.2) is 55.5 Å². The standard InChI is InChI=1S/C31H46N4O3/c1-4-25(22(2)3)18-29(36)27(17-24-13-9-6-10-14-24)35-31(38)28(19-26-20-32-21-33-26)34-30(37)16-15-23-11-7-5-8-12-23/h4-5,7-8,11-12,20-22,24-25,27-29,36H,1,6,9-10,13-19H2,2-3H3,(H,32,33)(H,34,37)(H,35,38)/t25-,27-,28-,29-/m0/s1. The van der Waals surface area contributed by atoms with Gasteiger partial charge in [-0.1, -0.05) is 82.4 Å². The second kappa shape index (κ2) is 15.5. The van der Waals surface area contributed by atoms with Crippen LogP contribution >= 0.6 is 0 Å². The molecule has 0 radical (unpaired) electrons. The number of allylic oxidation sites excluding steroid dienone is 1. The number of carbonyl (C=O) groups is 2. The number of aliphatic hydroxyl groups excluding tert-OH is 1. The van der Waals surface area contributed by atoms with Crippen LogP contribution < -0.4 is 10.6 Å². The Morgan fingerprint density at radius 2 is 1.89 bits per heavy atom. The summed E-state index contributed by atoms with van der Waals surface area (Å²) in [6.45, 7) is 8.21. The molecule has 38 heavy (non-hydrogen) atoms. The fraction of sp³-hybridized carbons (Fsp3) is 0.581. The Labute approximate surface area is 227 Å². The van der Waals surface area contributed by atoms with Crippen LogP contribution in [-0.4, -0.2) is 45.1 Å². The first-order chi connectivity index (χ1) is 18.4. The van der Waals surface area contributed by atoms with Gasteiger partial charge in [0.05, 0.1) is 18.5 Å². The predicted octanol–water partition coefficient (Wildman–Crippen LogP) is 4.73. The average Bonchev–Trinajstić information content (AvgIpc) is 3.44. The van der Waals surface area contributed by atoms with Crippen LogP contribution in [0.1, 0.15) is 76.5 Å². The van der Waals surface area contributed by atoms with Crippen LogP contribution in [0.3, 0.4) is 0 Å². The summed E-state index contributed by atoms with van der Waals surface area (Å²) < 4.78 is 0. The third-order valence-corrected chi connectivity index (χ3v) is 7.89. The number of imidazole rings is 1. The number of amides is 2. The number of benzene rings is 1. The van der Waals surface area contributed by atoms with Crippen molar-refractivity contribution in [1.82, 2.24) is 20.6 Å². The van der Waals surface area contributed by atoms with Crippen molar-refractivity contribution in [2.45, 2.75) is 96.2 Å². The highest BCUT2D eigenvalue weighted by molar-refractivity contribution is 5.88. The van der Waals surface area contributed by atoms with Crippen LogP contribution in [0.25, 0.3) is 0 Å². The van der Waals surface area contributed by atoms with Gasteiger partial charge in [0.1, 0.15) is 6.04 Å². The summed E-state index contributed by atoms with van der Waals surface area (Å²) in [5.41, 5.74) is 1.85. The van der Waals surface area contributed by atoms with Crippen molar-refractivity contribution in [3.8, 4) is 0 Å². The van der Waals surface area contributed by atoms with E-state index in [0.717, 1.165) is 30.5 Å². The van der Waals surface area contributed by atoms with E-state index in [0.29, 0.717) is 37.5 Å². The number of carbonyl (C=O) groups excluding carboxylic acids is 2. The van der Waals surface area contributed by atoms with Crippen molar-refractivity contribution in [2.24, 2.45) is 17.8 Å². The van der Waals surface area contributed by atoms with Gasteiger partial charge in [-0.2, -0.15) is 0 Å². The molecule has 1 fully saturated rings. The Bertz CT molecular complexity index is 970. The van der Waals surface area contributed by atoms with Gasteiger partial charge in [0, 0.05) is 24.7 Å². The Balaban J connectivity index is 1.70. The first kappa shape index (κ1) is 29.6. The lowest BCUT2D eigenvalue weighted by Gasteiger charge is -2.33. The van der Waals surface area contributed by atoms with Crippen molar-refractivity contribution in [3.63, 3.8) is 0 Å². The van der Waals surface area contributed by atoms with Gasteiger partial charge in [0.15, 0.2) is 0 Å². The lowest BCUT2D eigenvalue weighted by Crippen LogP contribution is -2.54. The summed E-state index contributed by atoms with van der Waals surface area (Å²) in [7, 11) is 0. The number of aliphatic hydroxyl groups is 1. The molecule has 2 amide bonds. The molecule has 2 aromatic rings. The summed E-state index contributed by atoms with van der Waals surface area (Å²) in [5.74, 6) is 0.549. The third-order valence-electron chi connectivity index (χ3n) is 7.89. The molecule has 1 saturated carbocycles. The van der Waals surface area contributed by atoms with E-state index in [2.05, 4.69) is 41.0 Å². The van der Waals surface area contributed by atoms with Gasteiger partial charge in [-0.3, -0.25) is 9.59 Å². The van der Waals surface area contributed by atoms with Gasteiger partial charge < -0.3 is 20.7 Å². The van der Waals surface area contributed by atoms with Crippen molar-refractivity contribution in [2.75, 3.05) is 0 Å². The molecular weight excluding hydrogens is 476 g/mol. The van der Waals surface area contributed by atoms with E-state index < -0.39 is 12.1 Å². The average molecular weight is 523 g/mol. The van der Waals surface area contributed by atoms with E-state index in [1.54, 1.807) is 12.5 Å². The molecule has 4 N–H and O–H groups in total. The fourth-order valence-electron chi connectivity index (χ4n) is 5.46. The Morgan fingerprint density at radius 3 is 2.53 bits per heavy atom. The molecule has 1 aliphatic carbocycles. The van der Waals surface area contributed by atoms with Gasteiger partial charge in [-0.15, -0.1) is 6.58 Å². The number of rotatable bonds is 15. The predicted molar refractivity (Wildman–Crippen MR) is 151 cm³/mol. The zero-order valence-electron chi connectivity index (χ0n) is 23.1. The third kappa shape index (κ3) is 9.75. The molecule has 0 aliphatic heterocycles. The maximum Gasteiger partial charge on any atom is 0.243 e. The normalized spacial score (nSPS) is 17.4. The number of hydrogen-bond acceptors (Lipinski definition) is 4. The molecule has 0 unspecified atom stereocenters. The molecule has 7 nitrogen and oxygen atoms in total. The molecule has 1 aromatic heterocycles. The van der Waals surface area contributed by atoms with Crippen molar-refractivity contribution in [1.29, 1.82) is 0 Å². The Morgan fingerprint density at radius 1 is 1.16 bits per heavy atom. The number of nitrogens with one attached hydrogen (secondary N) is 3. The van der Waals surface area contributed by atoms with Crippen LogP contribution in [0, 0.1) is 17.8 Å². The van der Waals surface area contributed by atoms with E-state index in [9.17, 15) is 14.7 Å². The van der Waals surface area contributed by atoms with Crippen molar-refractivity contribution in [3.05, 3.63) is 66.8 Å². The van der Waals surface area contributed by atoms with Crippen molar-refractivity contribution >= 4 is 11.8 Å². The molecule has 1 aromatic carbocycles. The van der Waals surface area contributed by atoms with Crippen molar-refractivity contribution < 1.29 is 14.7 Å². The van der Waals surface area contributed by atoms with E-state index in [1.165, 1.54) is 19.3 Å². The number of H-pyrrole nitrogens is 1. The number of hydrogen-bond donors (Lipinski definition) is 4. The molecule has 0 bridgehead atoms. The minimum Gasteiger partial charge on any atom is -0.391 e. The number of aryl methyl sites for hydroxylation is 1. The van der Waals surface area contributed by atoms with Gasteiger partial charge >= 0.3 is 0 Å². The van der Waals surface area contributed by atoms with Gasteiger partial charge in [0.2, 0.25) is 11.8 Å². The van der Waals surface area contributed by atoms with Gasteiger partial charge in [0.25, 0.3) is 0 Å². The molecular formula is C31H46N4O3. The molecule has 1 aliphatic rings. The smallest absolute Gasteiger partial charge is 0.243 e. The molecule has 0 saturated heterocycles. The topological polar surface area (TPSA) is 107 Å². The Hall–Kier alpha value is -2.93. The maximum absolute atomic E-state index is 13.6. The molecule has 7 heteroatoms. The lowest BCUT2D eigenvalue weighted by molar-refractivity contribution is -0.130. The first-order valence-electron chi connectivity index (χ1n) is 14.3. The number of nitrogens with zero attached hydrogens (tertiary/aromatic N) is 1. The Kier molecular flexibility index (Phi) is 12.1. The molecule has 4 atom stereocenters. The minimum atomic E-state index is -0.764. The lowest BCUT2D eigenvalue weighted by atomic mass is 9.81. The highest BCUT2D eigenvalue weighted by atomic mass is 16.3. The van der Waals surface area contributed by atoms with Crippen LogP contribution in [-0.2, 0) is 22.4 Å². The van der Waals surface area contributed by atoms with E-state index in [1.807, 2.05) is 36.4 Å². The minimum absolute atomic E-state index is 0.161. The van der Waals surface area contributed by atoms with Crippen LogP contribution in [0.4, 0.5) is 0 Å². The summed E-state index contributed by atoms with van der Waals surface area (Å²) in [4.78, 5) is 33.6. The summed E-state index contributed by atoms with van der Waals surface area (Å²) in [5, 5.41) is 17.4. The molecule has 0 spiro atoms. The fourth-order valence-corrected chi connectivity index (χ4v) is 5.46. The zero-order valence-corrected chi connectivity index (χ0v) is 23.1. The first-order valence-corrected chi connectivity index (χ1v) is 14.3. The number of aromatic nitrogens is 2. The SMILES string of the molecule is C=C[C@@H](C[C@H](O)[C@H](CC1CCCCC1)NC(=O)[C@H](Cc1cnc[nH]1)NC(=O)CCc1ccccc1)C(C)C. The highest BCUT2D eigenvalue weighted by Gasteiger charge is 2.31. The van der Waals surface area contributed by atoms with Crippen LogP contribution in [0.5, 0.6) is 0 Å². The number of aromatic amines is 1. The summed E-state index contributed by atoms with van der Waals surface area (Å²) in [6, 6.07) is 8.70. The maximum atomic E-state index is 13.6. The zero-order chi connectivity index (χ0) is 27.3. The van der Waals surface area contributed by atoms with Crippen LogP contribution in [0.2, 0.25) is 0 Å². The monoisotopic (exact) mass is 522 g/mol. The second-order valence-corrected chi connectivity index (χ2v) is 11.2. The highest BCUT2D eigenvalue weighted by Crippen LogP contribution is 2.29. The molecule has 1 heterocycles. The molecule has 3 rings (SSSR count). The summed E-state index contributed by atoms with van der Waals surface area (Å²) >= 11 is 0.